The van der Waals surface area contributed by atoms with Gasteiger partial charge in [-0.2, -0.15) is 13.2 Å². The molecule has 0 amide bonds. The Balaban J connectivity index is 3.35. The first-order valence-electron chi connectivity index (χ1n) is 3.29. The minimum absolute atomic E-state index is 0.115. The van der Waals surface area contributed by atoms with Crippen LogP contribution >= 0.6 is 12.2 Å². The maximum absolute atomic E-state index is 11.5. The van der Waals surface area contributed by atoms with Crippen molar-refractivity contribution >= 4 is 17.2 Å². The van der Waals surface area contributed by atoms with Gasteiger partial charge in [0.05, 0.1) is 11.4 Å². The second-order valence-electron chi connectivity index (χ2n) is 2.07. The van der Waals surface area contributed by atoms with Gasteiger partial charge in [-0.1, -0.05) is 19.1 Å². The van der Waals surface area contributed by atoms with Crippen LogP contribution in [0, 0.1) is 0 Å². The number of alkyl halides is 3. The lowest BCUT2D eigenvalue weighted by atomic mass is 10.4. The number of nitrogens with one attached hydrogen (secondary N) is 1. The fraction of sp³-hybridized carbons (Fsp3) is 0.833. The van der Waals surface area contributed by atoms with Gasteiger partial charge in [0.25, 0.3) is 0 Å². The molecule has 0 aliphatic heterocycles. The number of halogens is 3. The zero-order valence-electron chi connectivity index (χ0n) is 6.16. The molecule has 5 heteroatoms. The van der Waals surface area contributed by atoms with E-state index in [1.54, 1.807) is 6.92 Å². The largest absolute Gasteiger partial charge is 0.390 e. The predicted octanol–water partition coefficient (Wildman–Crippen LogP) is 2.27. The van der Waals surface area contributed by atoms with Crippen molar-refractivity contribution in [2.24, 2.45) is 0 Å². The van der Waals surface area contributed by atoms with Crippen LogP contribution in [0.15, 0.2) is 0 Å². The SMILES string of the molecule is CCC(=S)NCCC(F)(F)F. The van der Waals surface area contributed by atoms with Crippen LogP contribution in [0.25, 0.3) is 0 Å². The summed E-state index contributed by atoms with van der Waals surface area (Å²) in [6.45, 7) is 1.68. The maximum atomic E-state index is 11.5. The Hall–Kier alpha value is -0.320. The Morgan fingerprint density at radius 1 is 1.45 bits per heavy atom. The molecule has 0 atom stereocenters. The molecule has 0 bridgehead atoms. The number of thiocarbonyl (C=S) groups is 1. The van der Waals surface area contributed by atoms with Crippen molar-refractivity contribution < 1.29 is 13.2 Å². The molecule has 0 aromatic carbocycles. The Morgan fingerprint density at radius 2 is 2.00 bits per heavy atom. The Morgan fingerprint density at radius 3 is 2.36 bits per heavy atom. The fourth-order valence-corrected chi connectivity index (χ4v) is 0.571. The molecule has 66 valence electrons. The van der Waals surface area contributed by atoms with Gasteiger partial charge in [0.15, 0.2) is 0 Å². The van der Waals surface area contributed by atoms with E-state index < -0.39 is 12.6 Å². The summed E-state index contributed by atoms with van der Waals surface area (Å²) in [5.41, 5.74) is 0. The highest BCUT2D eigenvalue weighted by Crippen LogP contribution is 2.18. The van der Waals surface area contributed by atoms with E-state index in [0.717, 1.165) is 0 Å². The third-order valence-corrected chi connectivity index (χ3v) is 1.48. The normalized spacial score (nSPS) is 11.3. The second kappa shape index (κ2) is 4.54. The lowest BCUT2D eigenvalue weighted by Crippen LogP contribution is -2.25. The van der Waals surface area contributed by atoms with E-state index >= 15 is 0 Å². The van der Waals surface area contributed by atoms with Crippen molar-refractivity contribution in [2.45, 2.75) is 25.9 Å². The lowest BCUT2D eigenvalue weighted by molar-refractivity contribution is -0.132. The van der Waals surface area contributed by atoms with Crippen LogP contribution in [0.4, 0.5) is 13.2 Å². The van der Waals surface area contributed by atoms with Gasteiger partial charge in [-0.15, -0.1) is 0 Å². The van der Waals surface area contributed by atoms with Crippen LogP contribution < -0.4 is 5.32 Å². The van der Waals surface area contributed by atoms with Crippen molar-refractivity contribution in [3.05, 3.63) is 0 Å². The number of rotatable bonds is 3. The van der Waals surface area contributed by atoms with Crippen LogP contribution in [0.3, 0.4) is 0 Å². The van der Waals surface area contributed by atoms with Gasteiger partial charge >= 0.3 is 6.18 Å². The first kappa shape index (κ1) is 10.7. The molecule has 0 radical (unpaired) electrons. The standard InChI is InChI=1S/C6H10F3NS/c1-2-5(11)10-4-3-6(7,8)9/h2-4H2,1H3,(H,10,11). The molecule has 0 rings (SSSR count). The summed E-state index contributed by atoms with van der Waals surface area (Å²) in [5.74, 6) is 0. The summed E-state index contributed by atoms with van der Waals surface area (Å²) in [6, 6.07) is 0. The Labute approximate surface area is 69.0 Å². The minimum Gasteiger partial charge on any atom is -0.379 e. The van der Waals surface area contributed by atoms with Crippen molar-refractivity contribution in [2.75, 3.05) is 6.54 Å². The summed E-state index contributed by atoms with van der Waals surface area (Å²) in [7, 11) is 0. The van der Waals surface area contributed by atoms with Gasteiger partial charge in [0, 0.05) is 6.54 Å². The third-order valence-electron chi connectivity index (χ3n) is 1.05. The van der Waals surface area contributed by atoms with Gasteiger partial charge < -0.3 is 5.32 Å². The van der Waals surface area contributed by atoms with E-state index in [1.165, 1.54) is 0 Å². The monoisotopic (exact) mass is 185 g/mol. The molecule has 1 N–H and O–H groups in total. The zero-order chi connectivity index (χ0) is 8.91. The minimum atomic E-state index is -4.09. The quantitative estimate of drug-likeness (QED) is 0.677. The number of hydrogen-bond donors (Lipinski definition) is 1. The average Bonchev–Trinajstić information content (AvgIpc) is 1.85. The molecule has 0 aliphatic rings. The summed E-state index contributed by atoms with van der Waals surface area (Å²) in [5, 5.41) is 2.50. The predicted molar refractivity (Wildman–Crippen MR) is 41.6 cm³/mol. The molecule has 0 spiro atoms. The molecular formula is C6H10F3NS. The maximum Gasteiger partial charge on any atom is 0.390 e. The molecule has 0 heterocycles. The highest BCUT2D eigenvalue weighted by atomic mass is 32.1. The van der Waals surface area contributed by atoms with E-state index in [-0.39, 0.29) is 6.54 Å². The fourth-order valence-electron chi connectivity index (χ4n) is 0.469. The molecule has 0 saturated heterocycles. The summed E-state index contributed by atoms with van der Waals surface area (Å²) in [4.78, 5) is 0.481. The molecule has 0 aromatic rings. The van der Waals surface area contributed by atoms with E-state index in [2.05, 4.69) is 17.5 Å². The molecule has 1 nitrogen and oxygen atoms in total. The van der Waals surface area contributed by atoms with Crippen molar-refractivity contribution in [1.29, 1.82) is 0 Å². The highest BCUT2D eigenvalue weighted by molar-refractivity contribution is 7.80. The molecule has 0 aliphatic carbocycles. The lowest BCUT2D eigenvalue weighted by Gasteiger charge is -2.07. The molecule has 0 unspecified atom stereocenters. The second-order valence-corrected chi connectivity index (χ2v) is 2.56. The average molecular weight is 185 g/mol. The smallest absolute Gasteiger partial charge is 0.379 e. The zero-order valence-corrected chi connectivity index (χ0v) is 6.98. The molecule has 0 fully saturated rings. The highest BCUT2D eigenvalue weighted by Gasteiger charge is 2.26. The van der Waals surface area contributed by atoms with Crippen molar-refractivity contribution in [3.63, 3.8) is 0 Å². The van der Waals surface area contributed by atoms with E-state index in [4.69, 9.17) is 0 Å². The summed E-state index contributed by atoms with van der Waals surface area (Å²) < 4.78 is 34.6. The first-order chi connectivity index (χ1) is 4.95. The van der Waals surface area contributed by atoms with Gasteiger partial charge in [-0.25, -0.2) is 0 Å². The Bertz CT molecular complexity index is 132. The van der Waals surface area contributed by atoms with E-state index in [9.17, 15) is 13.2 Å². The van der Waals surface area contributed by atoms with Crippen molar-refractivity contribution in [3.8, 4) is 0 Å². The van der Waals surface area contributed by atoms with Gasteiger partial charge in [-0.3, -0.25) is 0 Å². The van der Waals surface area contributed by atoms with Crippen LogP contribution in [0.2, 0.25) is 0 Å². The topological polar surface area (TPSA) is 12.0 Å². The molecule has 0 saturated carbocycles. The van der Waals surface area contributed by atoms with Crippen LogP contribution in [0.5, 0.6) is 0 Å². The van der Waals surface area contributed by atoms with Gasteiger partial charge in [0.2, 0.25) is 0 Å². The van der Waals surface area contributed by atoms with Gasteiger partial charge in [-0.05, 0) is 6.42 Å². The summed E-state index contributed by atoms with van der Waals surface area (Å²) in [6.07, 6.45) is -4.32. The third kappa shape index (κ3) is 7.58. The summed E-state index contributed by atoms with van der Waals surface area (Å²) >= 11 is 4.67. The molecule has 0 aromatic heterocycles. The number of hydrogen-bond acceptors (Lipinski definition) is 1. The Kier molecular flexibility index (Phi) is 4.40. The van der Waals surface area contributed by atoms with Crippen LogP contribution in [-0.4, -0.2) is 17.7 Å². The molecule has 11 heavy (non-hydrogen) atoms. The van der Waals surface area contributed by atoms with Crippen LogP contribution in [-0.2, 0) is 0 Å². The first-order valence-corrected chi connectivity index (χ1v) is 3.70. The molecular weight excluding hydrogens is 175 g/mol. The van der Waals surface area contributed by atoms with E-state index in [0.29, 0.717) is 11.4 Å². The van der Waals surface area contributed by atoms with Crippen molar-refractivity contribution in [1.82, 2.24) is 5.32 Å². The van der Waals surface area contributed by atoms with Gasteiger partial charge in [0.1, 0.15) is 0 Å². The van der Waals surface area contributed by atoms with Crippen LogP contribution in [0.1, 0.15) is 19.8 Å². The van der Waals surface area contributed by atoms with E-state index in [1.807, 2.05) is 0 Å².